The second-order valence-corrected chi connectivity index (χ2v) is 6.10. The van der Waals surface area contributed by atoms with Crippen LogP contribution in [0.2, 0.25) is 0 Å². The molecule has 2 aromatic heterocycles. The summed E-state index contributed by atoms with van der Waals surface area (Å²) in [5.41, 5.74) is 0.734. The van der Waals surface area contributed by atoms with Gasteiger partial charge in [0.05, 0.1) is 6.26 Å². The molecule has 1 aromatic carbocycles. The van der Waals surface area contributed by atoms with Crippen LogP contribution in [0.15, 0.2) is 53.1 Å². The van der Waals surface area contributed by atoms with Gasteiger partial charge in [-0.3, -0.25) is 4.79 Å². The van der Waals surface area contributed by atoms with Crippen molar-refractivity contribution in [2.75, 3.05) is 13.2 Å². The van der Waals surface area contributed by atoms with Crippen molar-refractivity contribution < 1.29 is 18.7 Å². The smallest absolute Gasteiger partial charge is 0.357 e. The van der Waals surface area contributed by atoms with Crippen molar-refractivity contribution in [3.05, 3.63) is 54.5 Å². The Morgan fingerprint density at radius 3 is 2.76 bits per heavy atom. The Morgan fingerprint density at radius 2 is 2.03 bits per heavy atom. The van der Waals surface area contributed by atoms with E-state index in [9.17, 15) is 9.59 Å². The highest BCUT2D eigenvalue weighted by atomic mass is 16.5. The van der Waals surface area contributed by atoms with Crippen LogP contribution in [0.1, 0.15) is 25.5 Å². The van der Waals surface area contributed by atoms with Crippen molar-refractivity contribution in [3.8, 4) is 11.4 Å². The van der Waals surface area contributed by atoms with Gasteiger partial charge in [-0.1, -0.05) is 43.7 Å². The van der Waals surface area contributed by atoms with E-state index in [1.165, 1.54) is 17.0 Å². The molecule has 3 aromatic rings. The fourth-order valence-electron chi connectivity index (χ4n) is 2.49. The number of benzene rings is 1. The molecule has 9 heteroatoms. The maximum Gasteiger partial charge on any atom is 0.357 e. The Morgan fingerprint density at radius 1 is 1.21 bits per heavy atom. The van der Waals surface area contributed by atoms with Gasteiger partial charge in [0.25, 0.3) is 5.91 Å². The Hall–Kier alpha value is -3.75. The third-order valence-electron chi connectivity index (χ3n) is 3.95. The van der Waals surface area contributed by atoms with Crippen LogP contribution in [-0.4, -0.2) is 45.2 Å². The molecular formula is C20H21N5O4. The van der Waals surface area contributed by atoms with Crippen LogP contribution < -0.4 is 5.32 Å². The summed E-state index contributed by atoms with van der Waals surface area (Å²) < 4.78 is 11.7. The van der Waals surface area contributed by atoms with Crippen molar-refractivity contribution in [2.45, 2.75) is 19.8 Å². The number of aromatic nitrogens is 4. The summed E-state index contributed by atoms with van der Waals surface area (Å²) in [6.07, 6.45) is 4.75. The van der Waals surface area contributed by atoms with Crippen LogP contribution in [-0.2, 0) is 14.3 Å². The third-order valence-corrected chi connectivity index (χ3v) is 3.95. The molecule has 150 valence electrons. The van der Waals surface area contributed by atoms with Crippen LogP contribution in [0, 0.1) is 0 Å². The van der Waals surface area contributed by atoms with Crippen molar-refractivity contribution in [1.29, 1.82) is 0 Å². The number of hydrogen-bond donors (Lipinski definition) is 1. The molecule has 0 bridgehead atoms. The molecule has 29 heavy (non-hydrogen) atoms. The molecule has 0 unspecified atom stereocenters. The van der Waals surface area contributed by atoms with E-state index in [0.717, 1.165) is 12.8 Å². The van der Waals surface area contributed by atoms with Gasteiger partial charge in [0, 0.05) is 18.2 Å². The minimum Gasteiger partial charge on any atom is -0.465 e. The maximum absolute atomic E-state index is 12.8. The molecule has 0 radical (unpaired) electrons. The normalized spacial score (nSPS) is 11.3. The number of carbonyl (C=O) groups excluding carboxylic acids is 2. The lowest BCUT2D eigenvalue weighted by Gasteiger charge is -2.10. The number of furan rings is 1. The van der Waals surface area contributed by atoms with Crippen molar-refractivity contribution in [1.82, 2.24) is 25.5 Å². The number of carbonyl (C=O) groups is 2. The Labute approximate surface area is 167 Å². The van der Waals surface area contributed by atoms with Crippen LogP contribution in [0.5, 0.6) is 0 Å². The molecule has 0 aliphatic rings. The molecule has 0 aliphatic heterocycles. The van der Waals surface area contributed by atoms with Gasteiger partial charge in [-0.2, -0.15) is 4.68 Å². The minimum atomic E-state index is -0.753. The average Bonchev–Trinajstić information content (AvgIpc) is 3.43. The zero-order chi connectivity index (χ0) is 20.5. The van der Waals surface area contributed by atoms with E-state index in [4.69, 9.17) is 9.15 Å². The number of nitrogens with zero attached hydrogens (tertiary/aromatic N) is 4. The molecule has 1 amide bonds. The molecule has 0 saturated carbocycles. The monoisotopic (exact) mass is 395 g/mol. The lowest BCUT2D eigenvalue weighted by molar-refractivity contribution is -0.143. The van der Waals surface area contributed by atoms with Gasteiger partial charge in [0.2, 0.25) is 0 Å². The zero-order valence-electron chi connectivity index (χ0n) is 15.9. The first-order valence-electron chi connectivity index (χ1n) is 9.22. The SMILES string of the molecule is CCCCNC(=O)COC(=O)/C(=C/c1ccco1)n1nnnc1-c1ccccc1. The van der Waals surface area contributed by atoms with E-state index in [-0.39, 0.29) is 11.6 Å². The van der Waals surface area contributed by atoms with Gasteiger partial charge < -0.3 is 14.5 Å². The van der Waals surface area contributed by atoms with Crippen molar-refractivity contribution in [3.63, 3.8) is 0 Å². The standard InChI is InChI=1S/C20H21N5O4/c1-2-3-11-21-18(26)14-29-20(27)17(13-16-10-7-12-28-16)25-19(22-23-24-25)15-8-5-4-6-9-15/h4-10,12-13H,2-3,11,14H2,1H3,(H,21,26)/b17-13-. The summed E-state index contributed by atoms with van der Waals surface area (Å²) in [6, 6.07) is 12.5. The van der Waals surface area contributed by atoms with Gasteiger partial charge in [-0.25, -0.2) is 4.79 Å². The van der Waals surface area contributed by atoms with Crippen molar-refractivity contribution in [2.24, 2.45) is 0 Å². The summed E-state index contributed by atoms with van der Waals surface area (Å²) in [6.45, 7) is 2.16. The molecule has 9 nitrogen and oxygen atoms in total. The van der Waals surface area contributed by atoms with E-state index in [1.807, 2.05) is 37.3 Å². The summed E-state index contributed by atoms with van der Waals surface area (Å²) >= 11 is 0. The number of hydrogen-bond acceptors (Lipinski definition) is 7. The third kappa shape index (κ3) is 5.38. The van der Waals surface area contributed by atoms with Gasteiger partial charge >= 0.3 is 5.97 Å². The van der Waals surface area contributed by atoms with E-state index in [2.05, 4.69) is 20.8 Å². The Bertz CT molecular complexity index is 964. The van der Waals surface area contributed by atoms with E-state index >= 15 is 0 Å². The van der Waals surface area contributed by atoms with Gasteiger partial charge in [-0.15, -0.1) is 5.10 Å². The highest BCUT2D eigenvalue weighted by molar-refractivity contribution is 6.15. The number of rotatable bonds is 9. The largest absolute Gasteiger partial charge is 0.465 e. The van der Waals surface area contributed by atoms with Crippen LogP contribution in [0.25, 0.3) is 23.2 Å². The number of unbranched alkanes of at least 4 members (excludes halogenated alkanes) is 1. The Kier molecular flexibility index (Phi) is 6.88. The molecule has 0 fully saturated rings. The van der Waals surface area contributed by atoms with Gasteiger partial charge in [-0.05, 0) is 29.0 Å². The molecule has 1 N–H and O–H groups in total. The van der Waals surface area contributed by atoms with Crippen molar-refractivity contribution >= 4 is 23.6 Å². The predicted molar refractivity (Wildman–Crippen MR) is 105 cm³/mol. The highest BCUT2D eigenvalue weighted by Crippen LogP contribution is 2.21. The van der Waals surface area contributed by atoms with E-state index in [0.29, 0.717) is 23.7 Å². The molecule has 0 aliphatic carbocycles. The van der Waals surface area contributed by atoms with E-state index < -0.39 is 12.6 Å². The summed E-state index contributed by atoms with van der Waals surface area (Å²) in [5.74, 6) is -0.354. The topological polar surface area (TPSA) is 112 Å². The molecular weight excluding hydrogens is 374 g/mol. The first-order valence-corrected chi connectivity index (χ1v) is 9.22. The fraction of sp³-hybridized carbons (Fsp3) is 0.250. The summed E-state index contributed by atoms with van der Waals surface area (Å²) in [4.78, 5) is 24.6. The number of tetrazole rings is 1. The average molecular weight is 395 g/mol. The lowest BCUT2D eigenvalue weighted by Crippen LogP contribution is -2.30. The highest BCUT2D eigenvalue weighted by Gasteiger charge is 2.21. The zero-order valence-corrected chi connectivity index (χ0v) is 15.9. The number of nitrogens with one attached hydrogen (secondary N) is 1. The molecule has 0 spiro atoms. The second-order valence-electron chi connectivity index (χ2n) is 6.10. The first-order chi connectivity index (χ1) is 14.2. The van der Waals surface area contributed by atoms with Gasteiger partial charge in [0.15, 0.2) is 18.1 Å². The number of ether oxygens (including phenoxy) is 1. The van der Waals surface area contributed by atoms with Crippen LogP contribution >= 0.6 is 0 Å². The maximum atomic E-state index is 12.8. The number of esters is 1. The minimum absolute atomic E-state index is 0.0187. The fourth-order valence-corrected chi connectivity index (χ4v) is 2.49. The molecule has 0 atom stereocenters. The quantitative estimate of drug-likeness (QED) is 0.336. The van der Waals surface area contributed by atoms with Crippen LogP contribution in [0.3, 0.4) is 0 Å². The first kappa shape index (κ1) is 20.0. The predicted octanol–water partition coefficient (Wildman–Crippen LogP) is 2.39. The summed E-state index contributed by atoms with van der Waals surface area (Å²) in [7, 11) is 0. The molecule has 0 saturated heterocycles. The second kappa shape index (κ2) is 9.98. The molecule has 2 heterocycles. The molecule has 3 rings (SSSR count). The van der Waals surface area contributed by atoms with Gasteiger partial charge in [0.1, 0.15) is 5.76 Å². The van der Waals surface area contributed by atoms with Crippen LogP contribution in [0.4, 0.5) is 0 Å². The summed E-state index contributed by atoms with van der Waals surface area (Å²) in [5, 5.41) is 14.3. The number of amides is 1. The Balaban J connectivity index is 1.83. The van der Waals surface area contributed by atoms with E-state index in [1.54, 1.807) is 12.1 Å². The lowest BCUT2D eigenvalue weighted by atomic mass is 10.2.